The molecule has 1 atom stereocenters. The van der Waals surface area contributed by atoms with Crippen LogP contribution in [0.25, 0.3) is 21.3 Å². The number of rotatable bonds is 6. The number of aromatic nitrogens is 4. The van der Waals surface area contributed by atoms with Gasteiger partial charge in [0, 0.05) is 22.7 Å². The molecule has 148 valence electrons. The molecule has 0 radical (unpaired) electrons. The summed E-state index contributed by atoms with van der Waals surface area (Å²) in [4.78, 5) is 40.3. The van der Waals surface area contributed by atoms with Crippen LogP contribution in [0.15, 0.2) is 56.5 Å². The van der Waals surface area contributed by atoms with E-state index in [1.165, 1.54) is 29.2 Å². The van der Waals surface area contributed by atoms with E-state index in [4.69, 9.17) is 0 Å². The number of nitrogens with one attached hydrogen (secondary N) is 2. The van der Waals surface area contributed by atoms with Crippen LogP contribution in [-0.4, -0.2) is 19.9 Å². The van der Waals surface area contributed by atoms with Crippen LogP contribution < -0.4 is 11.1 Å². The van der Waals surface area contributed by atoms with Crippen molar-refractivity contribution >= 4 is 33.3 Å². The Balaban J connectivity index is 1.67. The van der Waals surface area contributed by atoms with E-state index in [-0.39, 0.29) is 16.4 Å². The van der Waals surface area contributed by atoms with Gasteiger partial charge in [-0.2, -0.15) is 0 Å². The third-order valence-corrected chi connectivity index (χ3v) is 6.37. The number of aryl methyl sites for hydroxylation is 1. The second-order valence-electron chi connectivity index (χ2n) is 6.70. The largest absolute Gasteiger partial charge is 0.309 e. The maximum absolute atomic E-state index is 12.8. The van der Waals surface area contributed by atoms with Crippen molar-refractivity contribution in [2.75, 3.05) is 0 Å². The molecule has 0 saturated carbocycles. The van der Waals surface area contributed by atoms with E-state index >= 15 is 0 Å². The molecule has 4 aromatic rings. The second kappa shape index (κ2) is 8.34. The molecule has 3 aromatic heterocycles. The summed E-state index contributed by atoms with van der Waals surface area (Å²) in [5, 5.41) is 2.94. The first kappa shape index (κ1) is 19.6. The Morgan fingerprint density at radius 2 is 1.93 bits per heavy atom. The molecule has 1 unspecified atom stereocenters. The standard InChI is InChI=1S/C21H20N4O2S2/c1-3-7-14-10-16(26)23-21(22-14)29-12(2)18-24-19(27)17-15(11-28-20(17)25-18)13-8-5-4-6-9-13/h4-6,8-12H,3,7H2,1-2H3,(H,22,23,26)(H,24,25,27). The summed E-state index contributed by atoms with van der Waals surface area (Å²) < 4.78 is 0. The van der Waals surface area contributed by atoms with Gasteiger partial charge in [-0.3, -0.25) is 9.59 Å². The van der Waals surface area contributed by atoms with Crippen molar-refractivity contribution in [3.05, 3.63) is 74.0 Å². The van der Waals surface area contributed by atoms with E-state index in [1.807, 2.05) is 49.6 Å². The molecular formula is C21H20N4O2S2. The number of nitrogens with zero attached hydrogens (tertiary/aromatic N) is 2. The highest BCUT2D eigenvalue weighted by Gasteiger charge is 2.17. The van der Waals surface area contributed by atoms with Crippen LogP contribution >= 0.6 is 23.1 Å². The molecular weight excluding hydrogens is 404 g/mol. The number of hydrogen-bond acceptors (Lipinski definition) is 6. The quantitative estimate of drug-likeness (QED) is 0.350. The average Bonchev–Trinajstić information content (AvgIpc) is 3.13. The summed E-state index contributed by atoms with van der Waals surface area (Å²) in [5.74, 6) is 0.567. The minimum Gasteiger partial charge on any atom is -0.309 e. The minimum absolute atomic E-state index is 0.154. The maximum Gasteiger partial charge on any atom is 0.260 e. The zero-order valence-electron chi connectivity index (χ0n) is 16.1. The number of thiophene rings is 1. The fraction of sp³-hybridized carbons (Fsp3) is 0.238. The van der Waals surface area contributed by atoms with Gasteiger partial charge in [0.05, 0.1) is 10.6 Å². The van der Waals surface area contributed by atoms with Crippen molar-refractivity contribution in [2.45, 2.75) is 37.1 Å². The van der Waals surface area contributed by atoms with Crippen LogP contribution in [0.2, 0.25) is 0 Å². The third-order valence-electron chi connectivity index (χ3n) is 4.50. The van der Waals surface area contributed by atoms with Gasteiger partial charge < -0.3 is 9.97 Å². The average molecular weight is 425 g/mol. The predicted molar refractivity (Wildman–Crippen MR) is 119 cm³/mol. The van der Waals surface area contributed by atoms with E-state index in [1.54, 1.807) is 0 Å². The number of aromatic amines is 2. The zero-order chi connectivity index (χ0) is 20.4. The Morgan fingerprint density at radius 3 is 2.69 bits per heavy atom. The first-order chi connectivity index (χ1) is 14.0. The maximum atomic E-state index is 12.8. The molecule has 1 aromatic carbocycles. The van der Waals surface area contributed by atoms with Crippen LogP contribution in [-0.2, 0) is 6.42 Å². The van der Waals surface area contributed by atoms with Crippen LogP contribution in [0.5, 0.6) is 0 Å². The number of H-pyrrole nitrogens is 2. The van der Waals surface area contributed by atoms with Crippen molar-refractivity contribution in [1.29, 1.82) is 0 Å². The van der Waals surface area contributed by atoms with Crippen LogP contribution in [0.4, 0.5) is 0 Å². The van der Waals surface area contributed by atoms with E-state index in [9.17, 15) is 9.59 Å². The van der Waals surface area contributed by atoms with Crippen molar-refractivity contribution in [3.8, 4) is 11.1 Å². The van der Waals surface area contributed by atoms with Crippen molar-refractivity contribution in [2.24, 2.45) is 0 Å². The Kier molecular flexibility index (Phi) is 5.64. The van der Waals surface area contributed by atoms with Crippen molar-refractivity contribution in [1.82, 2.24) is 19.9 Å². The van der Waals surface area contributed by atoms with E-state index in [0.717, 1.165) is 29.7 Å². The summed E-state index contributed by atoms with van der Waals surface area (Å²) >= 11 is 2.84. The van der Waals surface area contributed by atoms with Gasteiger partial charge in [0.2, 0.25) is 0 Å². The van der Waals surface area contributed by atoms with Gasteiger partial charge >= 0.3 is 0 Å². The molecule has 0 fully saturated rings. The number of thioether (sulfide) groups is 1. The first-order valence-electron chi connectivity index (χ1n) is 9.39. The molecule has 0 aliphatic carbocycles. The van der Waals surface area contributed by atoms with Gasteiger partial charge in [-0.1, -0.05) is 55.4 Å². The van der Waals surface area contributed by atoms with Crippen LogP contribution in [0, 0.1) is 0 Å². The normalized spacial score (nSPS) is 12.3. The number of hydrogen-bond donors (Lipinski definition) is 2. The van der Waals surface area contributed by atoms with Gasteiger partial charge in [0.15, 0.2) is 5.16 Å². The lowest BCUT2D eigenvalue weighted by Crippen LogP contribution is -2.14. The zero-order valence-corrected chi connectivity index (χ0v) is 17.7. The van der Waals surface area contributed by atoms with Crippen LogP contribution in [0.1, 0.15) is 37.0 Å². The first-order valence-corrected chi connectivity index (χ1v) is 11.1. The molecule has 0 aliphatic heterocycles. The number of fused-ring (bicyclic) bond motifs is 1. The van der Waals surface area contributed by atoms with E-state index in [0.29, 0.717) is 21.2 Å². The lowest BCUT2D eigenvalue weighted by molar-refractivity contribution is 0.810. The summed E-state index contributed by atoms with van der Waals surface area (Å²) in [6.45, 7) is 3.99. The lowest BCUT2D eigenvalue weighted by Gasteiger charge is -2.10. The molecule has 0 amide bonds. The SMILES string of the molecule is CCCc1cc(=O)[nH]c(SC(C)c2nc3scc(-c4ccccc4)c3c(=O)[nH]2)n1. The van der Waals surface area contributed by atoms with Gasteiger partial charge in [-0.05, 0) is 18.9 Å². The summed E-state index contributed by atoms with van der Waals surface area (Å²) in [6.07, 6.45) is 1.67. The smallest absolute Gasteiger partial charge is 0.260 e. The minimum atomic E-state index is -0.172. The van der Waals surface area contributed by atoms with Gasteiger partial charge in [0.25, 0.3) is 11.1 Å². The Bertz CT molecular complexity index is 1260. The molecule has 0 spiro atoms. The molecule has 0 saturated heterocycles. The van der Waals surface area contributed by atoms with Crippen molar-refractivity contribution < 1.29 is 0 Å². The molecule has 6 nitrogen and oxygen atoms in total. The number of benzene rings is 1. The molecule has 29 heavy (non-hydrogen) atoms. The van der Waals surface area contributed by atoms with Crippen molar-refractivity contribution in [3.63, 3.8) is 0 Å². The molecule has 0 bridgehead atoms. The highest BCUT2D eigenvalue weighted by molar-refractivity contribution is 7.99. The second-order valence-corrected chi connectivity index (χ2v) is 8.89. The Labute approximate surface area is 175 Å². The molecule has 2 N–H and O–H groups in total. The lowest BCUT2D eigenvalue weighted by atomic mass is 10.1. The summed E-state index contributed by atoms with van der Waals surface area (Å²) in [7, 11) is 0. The monoisotopic (exact) mass is 424 g/mol. The Hall–Kier alpha value is -2.71. The van der Waals surface area contributed by atoms with Gasteiger partial charge in [-0.15, -0.1) is 11.3 Å². The topological polar surface area (TPSA) is 91.5 Å². The molecule has 0 aliphatic rings. The van der Waals surface area contributed by atoms with E-state index < -0.39 is 0 Å². The summed E-state index contributed by atoms with van der Waals surface area (Å²) in [6, 6.07) is 11.4. The molecule has 8 heteroatoms. The molecule has 4 rings (SSSR count). The fourth-order valence-electron chi connectivity index (χ4n) is 3.14. The van der Waals surface area contributed by atoms with Crippen LogP contribution in [0.3, 0.4) is 0 Å². The highest BCUT2D eigenvalue weighted by atomic mass is 32.2. The molecule has 3 heterocycles. The predicted octanol–water partition coefficient (Wildman–Crippen LogP) is 4.54. The highest BCUT2D eigenvalue weighted by Crippen LogP contribution is 2.34. The Morgan fingerprint density at radius 1 is 1.14 bits per heavy atom. The van der Waals surface area contributed by atoms with E-state index in [2.05, 4.69) is 19.9 Å². The van der Waals surface area contributed by atoms with Gasteiger partial charge in [-0.25, -0.2) is 9.97 Å². The van der Waals surface area contributed by atoms with Gasteiger partial charge in [0.1, 0.15) is 10.7 Å². The third kappa shape index (κ3) is 4.18. The fourth-order valence-corrected chi connectivity index (χ4v) is 4.98. The summed E-state index contributed by atoms with van der Waals surface area (Å²) in [5.41, 5.74) is 2.34.